The topological polar surface area (TPSA) is 121 Å². The van der Waals surface area contributed by atoms with Crippen LogP contribution in [0.4, 0.5) is 0 Å². The number of aliphatic hydroxyl groups is 4. The van der Waals surface area contributed by atoms with E-state index in [1.54, 1.807) is 0 Å². The van der Waals surface area contributed by atoms with Crippen molar-refractivity contribution in [3.05, 3.63) is 0 Å². The summed E-state index contributed by atoms with van der Waals surface area (Å²) < 4.78 is 0. The first kappa shape index (κ1) is 19.0. The summed E-state index contributed by atoms with van der Waals surface area (Å²) >= 11 is 0. The normalized spacial score (nSPS) is 9.23. The van der Waals surface area contributed by atoms with Crippen molar-refractivity contribution < 1.29 is 59.9 Å². The van der Waals surface area contributed by atoms with Gasteiger partial charge in [0.05, 0.1) is 31.8 Å². The second-order valence-electron chi connectivity index (χ2n) is 2.23. The predicted octanol–water partition coefficient (Wildman–Crippen LogP) is -6.69. The van der Waals surface area contributed by atoms with E-state index in [4.69, 9.17) is 30.3 Å². The van der Waals surface area contributed by atoms with Crippen LogP contribution in [0.3, 0.4) is 0 Å². The van der Waals surface area contributed by atoms with Gasteiger partial charge < -0.3 is 30.3 Å². The van der Waals surface area contributed by atoms with E-state index >= 15 is 0 Å². The van der Waals surface area contributed by atoms with Gasteiger partial charge in [-0.25, -0.2) is 0 Å². The van der Waals surface area contributed by atoms with Crippen molar-refractivity contribution in [2.24, 2.45) is 5.41 Å². The second-order valence-corrected chi connectivity index (χ2v) is 2.23. The average molecular weight is 204 g/mol. The Balaban J connectivity index is -0.000000220. The van der Waals surface area contributed by atoms with E-state index in [2.05, 4.69) is 0 Å². The number of hydrogen-bond donors (Lipinski definition) is 4. The first-order chi connectivity index (χ1) is 5.66. The number of aliphatic hydroxyl groups excluding tert-OH is 4. The zero-order chi connectivity index (χ0) is 10.0. The van der Waals surface area contributed by atoms with Crippen molar-refractivity contribution in [2.75, 3.05) is 26.4 Å². The van der Waals surface area contributed by atoms with Gasteiger partial charge in [0.1, 0.15) is 0 Å². The summed E-state index contributed by atoms with van der Waals surface area (Å²) in [5.41, 5.74) is -1.11. The van der Waals surface area contributed by atoms with Gasteiger partial charge in [-0.3, -0.25) is 0 Å². The van der Waals surface area contributed by atoms with Crippen LogP contribution in [0.25, 0.3) is 0 Å². The molecule has 0 fully saturated rings. The van der Waals surface area contributed by atoms with Crippen LogP contribution in [-0.4, -0.2) is 53.3 Å². The molecule has 4 N–H and O–H groups in total. The van der Waals surface area contributed by atoms with E-state index in [1.807, 2.05) is 0 Å². The molecule has 0 atom stereocenters. The molecule has 0 saturated heterocycles. The maximum atomic E-state index is 8.50. The summed E-state index contributed by atoms with van der Waals surface area (Å²) in [6.07, 6.45) is 0. The molecule has 0 aliphatic heterocycles. The zero-order valence-corrected chi connectivity index (χ0v) is 9.51. The van der Waals surface area contributed by atoms with Crippen LogP contribution in [0.1, 0.15) is 0 Å². The fourth-order valence-corrected chi connectivity index (χ4v) is 0.300. The third-order valence-electron chi connectivity index (χ3n) is 1.34. The molecule has 6 nitrogen and oxygen atoms in total. The minimum Gasteiger partial charge on any atom is -0.554 e. The zero-order valence-electron chi connectivity index (χ0n) is 7.51. The molecule has 0 aromatic rings. The van der Waals surface area contributed by atoms with E-state index in [1.165, 1.54) is 0 Å². The fraction of sp³-hybridized carbons (Fsp3) is 0.833. The number of rotatable bonds is 4. The average Bonchev–Trinajstić information content (AvgIpc) is 2.11. The maximum absolute atomic E-state index is 8.50. The largest absolute Gasteiger partial charge is 1.00 e. The molecule has 0 heterocycles. The van der Waals surface area contributed by atoms with Crippen LogP contribution >= 0.6 is 0 Å². The van der Waals surface area contributed by atoms with Crippen molar-refractivity contribution in [2.45, 2.75) is 0 Å². The van der Waals surface area contributed by atoms with Gasteiger partial charge in [-0.1, -0.05) is 0 Å². The minimum absolute atomic E-state index is 0. The molecule has 0 saturated carbocycles. The summed E-state index contributed by atoms with van der Waals surface area (Å²) in [7, 11) is 0. The first-order valence-corrected chi connectivity index (χ1v) is 3.15. The van der Waals surface area contributed by atoms with Gasteiger partial charge >= 0.3 is 29.6 Å². The molecule has 0 spiro atoms. The van der Waals surface area contributed by atoms with Gasteiger partial charge in [0, 0.05) is 6.47 Å². The molecule has 0 radical (unpaired) electrons. The van der Waals surface area contributed by atoms with Gasteiger partial charge in [0.2, 0.25) is 0 Å². The molecule has 0 amide bonds. The second kappa shape index (κ2) is 12.3. The standard InChI is InChI=1S/C5H12O4.CH2O2.Na/c6-1-5(2-7,3-8)4-9;2-1-3;/h6-9H,1-4H2;1H,(H,2,3);/q;;+1/p-1. The van der Waals surface area contributed by atoms with Crippen LogP contribution in [0.2, 0.25) is 0 Å². The van der Waals surface area contributed by atoms with E-state index in [0.717, 1.165) is 0 Å². The van der Waals surface area contributed by atoms with Crippen molar-refractivity contribution >= 4 is 6.47 Å². The minimum atomic E-state index is -1.11. The first-order valence-electron chi connectivity index (χ1n) is 3.15. The van der Waals surface area contributed by atoms with Gasteiger partial charge in [0.15, 0.2) is 0 Å². The maximum Gasteiger partial charge on any atom is 1.00 e. The van der Waals surface area contributed by atoms with Crippen LogP contribution < -0.4 is 34.7 Å². The van der Waals surface area contributed by atoms with Crippen LogP contribution in [0.15, 0.2) is 0 Å². The Labute approximate surface area is 98.1 Å². The molecule has 0 rings (SSSR count). The fourth-order valence-electron chi connectivity index (χ4n) is 0.300. The van der Waals surface area contributed by atoms with Crippen molar-refractivity contribution in [3.63, 3.8) is 0 Å². The third kappa shape index (κ3) is 8.63. The molecular weight excluding hydrogens is 191 g/mol. The van der Waals surface area contributed by atoms with Gasteiger partial charge in [-0.05, 0) is 0 Å². The predicted molar refractivity (Wildman–Crippen MR) is 36.8 cm³/mol. The van der Waals surface area contributed by atoms with Gasteiger partial charge in [-0.15, -0.1) is 0 Å². The van der Waals surface area contributed by atoms with Crippen molar-refractivity contribution in [1.82, 2.24) is 0 Å². The molecule has 0 unspecified atom stereocenters. The number of carboxylic acid groups (broad SMARTS) is 1. The molecule has 0 aromatic heterocycles. The molecule has 0 aromatic carbocycles. The van der Waals surface area contributed by atoms with Gasteiger partial charge in [0.25, 0.3) is 0 Å². The quantitative estimate of drug-likeness (QED) is 0.267. The van der Waals surface area contributed by atoms with E-state index in [-0.39, 0.29) is 29.6 Å². The van der Waals surface area contributed by atoms with Crippen LogP contribution in [-0.2, 0) is 4.79 Å². The summed E-state index contributed by atoms with van der Waals surface area (Å²) in [5.74, 6) is 0. The Morgan fingerprint density at radius 2 is 1.15 bits per heavy atom. The Bertz CT molecular complexity index is 87.8. The summed E-state index contributed by atoms with van der Waals surface area (Å²) in [6, 6.07) is 0. The smallest absolute Gasteiger partial charge is 0.554 e. The van der Waals surface area contributed by atoms with Crippen molar-refractivity contribution in [3.8, 4) is 0 Å². The summed E-state index contributed by atoms with van der Waals surface area (Å²) in [6.45, 7) is -2.12. The number of carbonyl (C=O) groups is 1. The Hall–Kier alpha value is 0.310. The van der Waals surface area contributed by atoms with E-state index < -0.39 is 38.3 Å². The summed E-state index contributed by atoms with van der Waals surface area (Å²) in [5, 5.41) is 42.2. The SMILES string of the molecule is O=C[O-].OCC(CO)(CO)CO.[Na+]. The molecular formula is C6H13NaO6. The molecule has 13 heavy (non-hydrogen) atoms. The Morgan fingerprint density at radius 3 is 1.15 bits per heavy atom. The van der Waals surface area contributed by atoms with E-state index in [0.29, 0.717) is 0 Å². The number of hydrogen-bond acceptors (Lipinski definition) is 6. The van der Waals surface area contributed by atoms with Crippen molar-refractivity contribution in [1.29, 1.82) is 0 Å². The number of carbonyl (C=O) groups excluding carboxylic acids is 1. The molecule has 7 heteroatoms. The monoisotopic (exact) mass is 204 g/mol. The van der Waals surface area contributed by atoms with E-state index in [9.17, 15) is 0 Å². The molecule has 0 aliphatic rings. The third-order valence-corrected chi connectivity index (χ3v) is 1.34. The molecule has 74 valence electrons. The van der Waals surface area contributed by atoms with Crippen LogP contribution in [0.5, 0.6) is 0 Å². The molecule has 0 aliphatic carbocycles. The summed E-state index contributed by atoms with van der Waals surface area (Å²) in [4.78, 5) is 8.25. The Kier molecular flexibility index (Phi) is 18.0. The van der Waals surface area contributed by atoms with Gasteiger partial charge in [-0.2, -0.15) is 0 Å². The van der Waals surface area contributed by atoms with Crippen LogP contribution in [0, 0.1) is 5.41 Å². The molecule has 0 bridgehead atoms. The Morgan fingerprint density at radius 1 is 1.00 bits per heavy atom.